The van der Waals surface area contributed by atoms with Gasteiger partial charge in [-0.05, 0) is 19.1 Å². The van der Waals surface area contributed by atoms with Crippen LogP contribution in [0.25, 0.3) is 5.65 Å². The van der Waals surface area contributed by atoms with E-state index < -0.39 is 0 Å². The van der Waals surface area contributed by atoms with Crippen LogP contribution < -0.4 is 5.32 Å². The Morgan fingerprint density at radius 1 is 1.20 bits per heavy atom. The summed E-state index contributed by atoms with van der Waals surface area (Å²) in [6, 6.07) is 5.82. The Morgan fingerprint density at radius 2 is 1.92 bits per heavy atom. The van der Waals surface area contributed by atoms with Gasteiger partial charge in [-0.3, -0.25) is 9.20 Å². The van der Waals surface area contributed by atoms with Gasteiger partial charge in [-0.15, -0.1) is 34.2 Å². The van der Waals surface area contributed by atoms with Gasteiger partial charge in [0.2, 0.25) is 5.91 Å². The first-order chi connectivity index (χ1) is 11.7. The molecule has 0 atom stereocenters. The number of aliphatic imine (C=N–C) groups is 1. The number of piperazine rings is 1. The fourth-order valence-electron chi connectivity index (χ4n) is 2.80. The van der Waals surface area contributed by atoms with Gasteiger partial charge in [-0.25, -0.2) is 4.99 Å². The number of nitrogens with zero attached hydrogens (tertiary/aromatic N) is 6. The van der Waals surface area contributed by atoms with Crippen LogP contribution in [0.2, 0.25) is 0 Å². The average Bonchev–Trinajstić information content (AvgIpc) is 3.02. The number of amides is 1. The molecular weight excluding hydrogens is 433 g/mol. The highest BCUT2D eigenvalue weighted by molar-refractivity contribution is 14.0. The second-order valence-electron chi connectivity index (χ2n) is 5.71. The number of carbonyl (C=O) groups is 1. The third-order valence-corrected chi connectivity index (χ3v) is 4.11. The first-order valence-corrected chi connectivity index (χ1v) is 8.26. The van der Waals surface area contributed by atoms with Gasteiger partial charge < -0.3 is 15.1 Å². The van der Waals surface area contributed by atoms with Crippen LogP contribution in [-0.4, -0.2) is 69.0 Å². The number of halogens is 1. The maximum atomic E-state index is 11.5. The van der Waals surface area contributed by atoms with E-state index in [0.717, 1.165) is 50.2 Å². The molecule has 1 N–H and O–H groups in total. The molecule has 0 unspecified atom stereocenters. The van der Waals surface area contributed by atoms with Crippen molar-refractivity contribution in [1.29, 1.82) is 0 Å². The second kappa shape index (κ2) is 8.97. The zero-order valence-electron chi connectivity index (χ0n) is 14.6. The molecule has 0 saturated carbocycles. The molecule has 1 fully saturated rings. The number of rotatable bonds is 3. The molecule has 2 aromatic heterocycles. The monoisotopic (exact) mass is 457 g/mol. The maximum absolute atomic E-state index is 11.5. The van der Waals surface area contributed by atoms with E-state index in [1.54, 1.807) is 6.92 Å². The Morgan fingerprint density at radius 3 is 2.60 bits per heavy atom. The largest absolute Gasteiger partial charge is 0.357 e. The van der Waals surface area contributed by atoms with Gasteiger partial charge in [0.1, 0.15) is 6.54 Å². The standard InChI is InChI=1S/C16H23N7O.HI/c1-3-17-16(22-10-8-21(9-11-22)13(2)24)18-12-15-20-19-14-6-4-5-7-23(14)15;/h4-7H,3,8-12H2,1-2H3,(H,17,18);1H. The summed E-state index contributed by atoms with van der Waals surface area (Å²) in [7, 11) is 0. The number of carbonyl (C=O) groups excluding carboxylic acids is 1. The van der Waals surface area contributed by atoms with E-state index in [0.29, 0.717) is 6.54 Å². The number of pyridine rings is 1. The van der Waals surface area contributed by atoms with E-state index in [1.807, 2.05) is 40.6 Å². The lowest BCUT2D eigenvalue weighted by atomic mass is 10.3. The number of hydrogen-bond donors (Lipinski definition) is 1. The number of fused-ring (bicyclic) bond motifs is 1. The van der Waals surface area contributed by atoms with Crippen molar-refractivity contribution in [2.45, 2.75) is 20.4 Å². The predicted molar refractivity (Wildman–Crippen MR) is 107 cm³/mol. The van der Waals surface area contributed by atoms with Crippen molar-refractivity contribution in [2.75, 3.05) is 32.7 Å². The third-order valence-electron chi connectivity index (χ3n) is 4.11. The zero-order valence-corrected chi connectivity index (χ0v) is 16.9. The molecule has 0 aromatic carbocycles. The topological polar surface area (TPSA) is 78.1 Å². The minimum absolute atomic E-state index is 0. The molecule has 3 rings (SSSR count). The molecule has 9 heteroatoms. The Kier molecular flexibility index (Phi) is 6.97. The predicted octanol–water partition coefficient (Wildman–Crippen LogP) is 0.977. The smallest absolute Gasteiger partial charge is 0.219 e. The van der Waals surface area contributed by atoms with Crippen molar-refractivity contribution < 1.29 is 4.79 Å². The highest BCUT2D eigenvalue weighted by atomic mass is 127. The molecule has 25 heavy (non-hydrogen) atoms. The maximum Gasteiger partial charge on any atom is 0.219 e. The number of guanidine groups is 1. The molecule has 8 nitrogen and oxygen atoms in total. The highest BCUT2D eigenvalue weighted by Gasteiger charge is 2.21. The first-order valence-electron chi connectivity index (χ1n) is 8.26. The van der Waals surface area contributed by atoms with E-state index >= 15 is 0 Å². The summed E-state index contributed by atoms with van der Waals surface area (Å²) in [4.78, 5) is 20.2. The SMILES string of the molecule is CCNC(=NCc1nnc2ccccn12)N1CCN(C(C)=O)CC1.I. The van der Waals surface area contributed by atoms with Gasteiger partial charge >= 0.3 is 0 Å². The van der Waals surface area contributed by atoms with Gasteiger partial charge in [-0.2, -0.15) is 0 Å². The second-order valence-corrected chi connectivity index (χ2v) is 5.71. The molecule has 136 valence electrons. The first kappa shape index (κ1) is 19.4. The molecule has 0 spiro atoms. The molecule has 2 aromatic rings. The summed E-state index contributed by atoms with van der Waals surface area (Å²) in [6.07, 6.45) is 1.94. The summed E-state index contributed by atoms with van der Waals surface area (Å²) in [5.41, 5.74) is 0.822. The van der Waals surface area contributed by atoms with Gasteiger partial charge in [0.05, 0.1) is 0 Å². The summed E-state index contributed by atoms with van der Waals surface area (Å²) >= 11 is 0. The lowest BCUT2D eigenvalue weighted by Crippen LogP contribution is -2.53. The van der Waals surface area contributed by atoms with E-state index in [4.69, 9.17) is 4.99 Å². The van der Waals surface area contributed by atoms with Crippen molar-refractivity contribution in [2.24, 2.45) is 4.99 Å². The van der Waals surface area contributed by atoms with Crippen molar-refractivity contribution in [1.82, 2.24) is 29.7 Å². The minimum atomic E-state index is 0. The lowest BCUT2D eigenvalue weighted by molar-refractivity contribution is -0.130. The summed E-state index contributed by atoms with van der Waals surface area (Å²) in [6.45, 7) is 7.95. The number of hydrogen-bond acceptors (Lipinski definition) is 4. The molecule has 0 aliphatic carbocycles. The molecule has 1 aliphatic heterocycles. The molecule has 1 amide bonds. The van der Waals surface area contributed by atoms with Crippen molar-refractivity contribution in [3.8, 4) is 0 Å². The van der Waals surface area contributed by atoms with Gasteiger partial charge in [-0.1, -0.05) is 6.07 Å². The van der Waals surface area contributed by atoms with Crippen LogP contribution >= 0.6 is 24.0 Å². The van der Waals surface area contributed by atoms with Crippen LogP contribution in [0.1, 0.15) is 19.7 Å². The normalized spacial score (nSPS) is 15.2. The molecular formula is C16H24IN7O. The Labute approximate surface area is 164 Å². The quantitative estimate of drug-likeness (QED) is 0.423. The summed E-state index contributed by atoms with van der Waals surface area (Å²) < 4.78 is 1.95. The van der Waals surface area contributed by atoms with Crippen LogP contribution in [0.15, 0.2) is 29.4 Å². The Balaban J connectivity index is 0.00000225. The molecule has 0 radical (unpaired) electrons. The summed E-state index contributed by atoms with van der Waals surface area (Å²) in [5.74, 6) is 1.79. The Bertz CT molecular complexity index is 737. The highest BCUT2D eigenvalue weighted by Crippen LogP contribution is 2.06. The van der Waals surface area contributed by atoms with Crippen LogP contribution in [0, 0.1) is 0 Å². The van der Waals surface area contributed by atoms with Gasteiger partial charge in [0.25, 0.3) is 0 Å². The van der Waals surface area contributed by atoms with E-state index in [9.17, 15) is 4.79 Å². The molecule has 1 saturated heterocycles. The fourth-order valence-corrected chi connectivity index (χ4v) is 2.80. The Hall–Kier alpha value is -1.91. The van der Waals surface area contributed by atoms with Gasteiger partial charge in [0, 0.05) is 45.8 Å². The zero-order chi connectivity index (χ0) is 16.9. The average molecular weight is 457 g/mol. The van der Waals surface area contributed by atoms with Crippen LogP contribution in [-0.2, 0) is 11.3 Å². The number of aromatic nitrogens is 3. The van der Waals surface area contributed by atoms with Crippen LogP contribution in [0.4, 0.5) is 0 Å². The van der Waals surface area contributed by atoms with Crippen molar-refractivity contribution in [3.05, 3.63) is 30.2 Å². The van der Waals surface area contributed by atoms with E-state index in [2.05, 4.69) is 20.4 Å². The van der Waals surface area contributed by atoms with E-state index in [-0.39, 0.29) is 29.9 Å². The van der Waals surface area contributed by atoms with Crippen LogP contribution in [0.3, 0.4) is 0 Å². The molecule has 1 aliphatic rings. The number of nitrogens with one attached hydrogen (secondary N) is 1. The van der Waals surface area contributed by atoms with Gasteiger partial charge in [0.15, 0.2) is 17.4 Å². The van der Waals surface area contributed by atoms with E-state index in [1.165, 1.54) is 0 Å². The third kappa shape index (κ3) is 4.59. The van der Waals surface area contributed by atoms with Crippen molar-refractivity contribution in [3.63, 3.8) is 0 Å². The lowest BCUT2D eigenvalue weighted by Gasteiger charge is -2.36. The molecule has 3 heterocycles. The fraction of sp³-hybridized carbons (Fsp3) is 0.500. The summed E-state index contributed by atoms with van der Waals surface area (Å²) in [5, 5.41) is 11.7. The van der Waals surface area contributed by atoms with Crippen molar-refractivity contribution >= 4 is 41.5 Å². The van der Waals surface area contributed by atoms with Crippen LogP contribution in [0.5, 0.6) is 0 Å². The minimum Gasteiger partial charge on any atom is -0.357 e. The molecule has 0 bridgehead atoms.